The van der Waals surface area contributed by atoms with Crippen molar-refractivity contribution in [3.8, 4) is 0 Å². The fraction of sp³-hybridized carbons (Fsp3) is 0.308. The normalized spacial score (nSPS) is 10.3. The van der Waals surface area contributed by atoms with Gasteiger partial charge in [0.15, 0.2) is 0 Å². The number of H-pyrrole nitrogens is 1. The molecule has 0 radical (unpaired) electrons. The molecule has 2 aromatic rings. The Morgan fingerprint density at radius 1 is 1.44 bits per heavy atom. The lowest BCUT2D eigenvalue weighted by Gasteiger charge is -2.05. The van der Waals surface area contributed by atoms with E-state index in [-0.39, 0.29) is 5.91 Å². The van der Waals surface area contributed by atoms with Crippen molar-refractivity contribution in [3.05, 3.63) is 47.0 Å². The molecule has 1 amide bonds. The van der Waals surface area contributed by atoms with Gasteiger partial charge >= 0.3 is 0 Å². The van der Waals surface area contributed by atoms with E-state index in [0.29, 0.717) is 12.1 Å². The molecule has 0 bridgehead atoms. The molecule has 0 unspecified atom stereocenters. The van der Waals surface area contributed by atoms with Crippen LogP contribution >= 0.6 is 0 Å². The van der Waals surface area contributed by atoms with Crippen molar-refractivity contribution >= 4 is 5.91 Å². The Bertz CT molecular complexity index is 514. The van der Waals surface area contributed by atoms with Crippen LogP contribution < -0.4 is 5.32 Å². The molecule has 0 atom stereocenters. The Balaban J connectivity index is 1.90. The van der Waals surface area contributed by atoms with Gasteiger partial charge in [0.1, 0.15) is 0 Å². The van der Waals surface area contributed by atoms with Gasteiger partial charge < -0.3 is 5.32 Å². The predicted molar refractivity (Wildman–Crippen MR) is 68.3 cm³/mol. The summed E-state index contributed by atoms with van der Waals surface area (Å²) in [5.74, 6) is -0.0809. The van der Waals surface area contributed by atoms with E-state index in [4.69, 9.17) is 0 Å². The third-order valence-electron chi connectivity index (χ3n) is 2.78. The monoisotopic (exact) mass is 244 g/mol. The Morgan fingerprint density at radius 2 is 2.28 bits per heavy atom. The van der Waals surface area contributed by atoms with Gasteiger partial charge in [-0.1, -0.05) is 6.07 Å². The summed E-state index contributed by atoms with van der Waals surface area (Å²) in [6.07, 6.45) is 4.32. The molecule has 2 aromatic heterocycles. The van der Waals surface area contributed by atoms with Crippen molar-refractivity contribution in [2.75, 3.05) is 6.54 Å². The highest BCUT2D eigenvalue weighted by molar-refractivity contribution is 5.96. The van der Waals surface area contributed by atoms with Gasteiger partial charge in [-0.15, -0.1) is 0 Å². The largest absolute Gasteiger partial charge is 0.352 e. The van der Waals surface area contributed by atoms with Crippen molar-refractivity contribution in [2.45, 2.75) is 20.3 Å². The first-order valence-electron chi connectivity index (χ1n) is 5.87. The quantitative estimate of drug-likeness (QED) is 0.854. The zero-order chi connectivity index (χ0) is 13.0. The van der Waals surface area contributed by atoms with Crippen LogP contribution in [0.1, 0.15) is 27.3 Å². The van der Waals surface area contributed by atoms with Gasteiger partial charge in [-0.3, -0.25) is 14.9 Å². The number of nitrogens with zero attached hydrogens (tertiary/aromatic N) is 2. The molecule has 0 saturated carbocycles. The van der Waals surface area contributed by atoms with Crippen LogP contribution in [0.5, 0.6) is 0 Å². The van der Waals surface area contributed by atoms with Gasteiger partial charge in [-0.05, 0) is 31.9 Å². The lowest BCUT2D eigenvalue weighted by atomic mass is 10.1. The smallest absolute Gasteiger partial charge is 0.255 e. The van der Waals surface area contributed by atoms with Gasteiger partial charge in [0.2, 0.25) is 0 Å². The third-order valence-corrected chi connectivity index (χ3v) is 2.78. The maximum atomic E-state index is 12.0. The molecule has 0 spiro atoms. The number of nitrogens with one attached hydrogen (secondary N) is 2. The standard InChI is InChI=1S/C13H16N4O/c1-9-12(10(2)17-16-9)13(18)15-7-5-11-4-3-6-14-8-11/h3-4,6,8H,5,7H2,1-2H3,(H,15,18)(H,16,17). The van der Waals surface area contributed by atoms with Crippen LogP contribution in [0.25, 0.3) is 0 Å². The van der Waals surface area contributed by atoms with Crippen molar-refractivity contribution in [3.63, 3.8) is 0 Å². The number of aromatic amines is 1. The molecule has 0 aliphatic rings. The maximum absolute atomic E-state index is 12.0. The van der Waals surface area contributed by atoms with Crippen LogP contribution in [-0.4, -0.2) is 27.6 Å². The van der Waals surface area contributed by atoms with Gasteiger partial charge in [0.25, 0.3) is 5.91 Å². The average molecular weight is 244 g/mol. The molecule has 5 heteroatoms. The zero-order valence-electron chi connectivity index (χ0n) is 10.5. The van der Waals surface area contributed by atoms with Gasteiger partial charge in [0, 0.05) is 24.6 Å². The second-order valence-electron chi connectivity index (χ2n) is 4.18. The van der Waals surface area contributed by atoms with E-state index in [2.05, 4.69) is 20.5 Å². The molecular formula is C13H16N4O. The topological polar surface area (TPSA) is 70.7 Å². The van der Waals surface area contributed by atoms with Gasteiger partial charge in [-0.2, -0.15) is 5.10 Å². The van der Waals surface area contributed by atoms with E-state index >= 15 is 0 Å². The Labute approximate surface area is 106 Å². The van der Waals surface area contributed by atoms with E-state index in [9.17, 15) is 4.79 Å². The third kappa shape index (κ3) is 2.74. The van der Waals surface area contributed by atoms with Crippen LogP contribution in [0.4, 0.5) is 0 Å². The number of hydrogen-bond acceptors (Lipinski definition) is 3. The summed E-state index contributed by atoms with van der Waals surface area (Å²) in [4.78, 5) is 16.0. The Morgan fingerprint density at radius 3 is 2.89 bits per heavy atom. The van der Waals surface area contributed by atoms with Crippen LogP contribution in [0.3, 0.4) is 0 Å². The summed E-state index contributed by atoms with van der Waals surface area (Å²) in [6, 6.07) is 3.88. The molecule has 5 nitrogen and oxygen atoms in total. The first kappa shape index (κ1) is 12.3. The highest BCUT2D eigenvalue weighted by Gasteiger charge is 2.14. The number of aromatic nitrogens is 3. The molecule has 0 aliphatic heterocycles. The number of carbonyl (C=O) groups excluding carboxylic acids is 1. The molecule has 2 heterocycles. The molecule has 0 saturated heterocycles. The number of aryl methyl sites for hydroxylation is 2. The summed E-state index contributed by atoms with van der Waals surface area (Å²) < 4.78 is 0. The molecular weight excluding hydrogens is 228 g/mol. The average Bonchev–Trinajstić information content (AvgIpc) is 2.70. The highest BCUT2D eigenvalue weighted by Crippen LogP contribution is 2.08. The lowest BCUT2D eigenvalue weighted by molar-refractivity contribution is 0.0953. The van der Waals surface area contributed by atoms with Crippen LogP contribution in [0, 0.1) is 13.8 Å². The second kappa shape index (κ2) is 5.44. The molecule has 0 aromatic carbocycles. The van der Waals surface area contributed by atoms with Crippen molar-refractivity contribution < 1.29 is 4.79 Å². The van der Waals surface area contributed by atoms with Gasteiger partial charge in [0.05, 0.1) is 11.3 Å². The number of pyridine rings is 1. The minimum atomic E-state index is -0.0809. The molecule has 2 N–H and O–H groups in total. The minimum absolute atomic E-state index is 0.0809. The number of rotatable bonds is 4. The first-order valence-corrected chi connectivity index (χ1v) is 5.87. The summed E-state index contributed by atoms with van der Waals surface area (Å²) in [5, 5.41) is 9.70. The van der Waals surface area contributed by atoms with Crippen LogP contribution in [0.2, 0.25) is 0 Å². The fourth-order valence-corrected chi connectivity index (χ4v) is 1.84. The molecule has 18 heavy (non-hydrogen) atoms. The summed E-state index contributed by atoms with van der Waals surface area (Å²) in [6.45, 7) is 4.25. The van der Waals surface area contributed by atoms with Crippen LogP contribution in [0.15, 0.2) is 24.5 Å². The molecule has 0 fully saturated rings. The summed E-state index contributed by atoms with van der Waals surface area (Å²) in [7, 11) is 0. The van der Waals surface area contributed by atoms with Crippen molar-refractivity contribution in [2.24, 2.45) is 0 Å². The van der Waals surface area contributed by atoms with Gasteiger partial charge in [-0.25, -0.2) is 0 Å². The van der Waals surface area contributed by atoms with E-state index < -0.39 is 0 Å². The first-order chi connectivity index (χ1) is 8.68. The Kier molecular flexibility index (Phi) is 3.72. The van der Waals surface area contributed by atoms with E-state index in [0.717, 1.165) is 23.4 Å². The number of carbonyl (C=O) groups is 1. The lowest BCUT2D eigenvalue weighted by Crippen LogP contribution is -2.26. The minimum Gasteiger partial charge on any atom is -0.352 e. The highest BCUT2D eigenvalue weighted by atomic mass is 16.1. The van der Waals surface area contributed by atoms with Crippen molar-refractivity contribution in [1.29, 1.82) is 0 Å². The fourth-order valence-electron chi connectivity index (χ4n) is 1.84. The molecule has 0 aliphatic carbocycles. The predicted octanol–water partition coefficient (Wildman–Crippen LogP) is 1.39. The second-order valence-corrected chi connectivity index (χ2v) is 4.18. The molecule has 2 rings (SSSR count). The SMILES string of the molecule is Cc1n[nH]c(C)c1C(=O)NCCc1cccnc1. The number of hydrogen-bond donors (Lipinski definition) is 2. The summed E-state index contributed by atoms with van der Waals surface area (Å²) in [5.41, 5.74) is 3.28. The molecule has 94 valence electrons. The van der Waals surface area contributed by atoms with E-state index in [1.54, 1.807) is 12.4 Å². The van der Waals surface area contributed by atoms with E-state index in [1.807, 2.05) is 26.0 Å². The van der Waals surface area contributed by atoms with Crippen LogP contribution in [-0.2, 0) is 6.42 Å². The Hall–Kier alpha value is -2.17. The maximum Gasteiger partial charge on any atom is 0.255 e. The zero-order valence-corrected chi connectivity index (χ0v) is 10.5. The number of amides is 1. The van der Waals surface area contributed by atoms with Crippen molar-refractivity contribution in [1.82, 2.24) is 20.5 Å². The van der Waals surface area contributed by atoms with E-state index in [1.165, 1.54) is 0 Å². The summed E-state index contributed by atoms with van der Waals surface area (Å²) >= 11 is 0.